The van der Waals surface area contributed by atoms with Crippen LogP contribution in [0.25, 0.3) is 22.3 Å². The number of ether oxygens (including phenoxy) is 1. The van der Waals surface area contributed by atoms with E-state index >= 15 is 0 Å². The zero-order valence-electron chi connectivity index (χ0n) is 16.3. The van der Waals surface area contributed by atoms with Gasteiger partial charge in [0.15, 0.2) is 23.2 Å². The van der Waals surface area contributed by atoms with Crippen molar-refractivity contribution < 1.29 is 27.4 Å². The van der Waals surface area contributed by atoms with Gasteiger partial charge in [0, 0.05) is 23.3 Å². The summed E-state index contributed by atoms with van der Waals surface area (Å²) >= 11 is 0. The Labute approximate surface area is 171 Å². The van der Waals surface area contributed by atoms with E-state index in [-0.39, 0.29) is 16.7 Å². The van der Waals surface area contributed by atoms with Crippen molar-refractivity contribution in [2.75, 3.05) is 6.61 Å². The lowest BCUT2D eigenvalue weighted by atomic mass is 9.93. The van der Waals surface area contributed by atoms with Crippen LogP contribution in [0.2, 0.25) is 0 Å². The highest BCUT2D eigenvalue weighted by atomic mass is 19.2. The zero-order chi connectivity index (χ0) is 21.4. The van der Waals surface area contributed by atoms with Gasteiger partial charge in [0.1, 0.15) is 0 Å². The first-order valence-electron chi connectivity index (χ1n) is 9.74. The lowest BCUT2D eigenvalue weighted by molar-refractivity contribution is -0.0144. The summed E-state index contributed by atoms with van der Waals surface area (Å²) in [6.07, 6.45) is 1.07. The molecule has 1 aliphatic rings. The summed E-state index contributed by atoms with van der Waals surface area (Å²) in [5, 5.41) is 9.25. The Bertz CT molecular complexity index is 1070. The molecule has 0 aliphatic carbocycles. The van der Waals surface area contributed by atoms with Crippen molar-refractivity contribution in [2.24, 2.45) is 5.92 Å². The van der Waals surface area contributed by atoms with Gasteiger partial charge < -0.3 is 9.84 Å². The Balaban J connectivity index is 1.63. The van der Waals surface area contributed by atoms with Gasteiger partial charge in [-0.15, -0.1) is 0 Å². The quantitative estimate of drug-likeness (QED) is 0.478. The van der Waals surface area contributed by atoms with Gasteiger partial charge in [-0.25, -0.2) is 13.2 Å². The Hall–Kier alpha value is -2.86. The molecule has 30 heavy (non-hydrogen) atoms. The van der Waals surface area contributed by atoms with Crippen LogP contribution in [0.5, 0.6) is 5.75 Å². The van der Waals surface area contributed by atoms with Gasteiger partial charge in [-0.2, -0.15) is 4.39 Å². The fourth-order valence-corrected chi connectivity index (χ4v) is 3.76. The van der Waals surface area contributed by atoms with Crippen LogP contribution in [-0.2, 0) is 4.74 Å². The fraction of sp³-hybridized carbons (Fsp3) is 0.250. The lowest BCUT2D eigenvalue weighted by Crippen LogP contribution is -2.19. The van der Waals surface area contributed by atoms with Crippen LogP contribution in [0, 0.1) is 29.2 Å². The van der Waals surface area contributed by atoms with Crippen LogP contribution in [0.1, 0.15) is 31.4 Å². The van der Waals surface area contributed by atoms with E-state index in [2.05, 4.69) is 6.92 Å². The van der Waals surface area contributed by atoms with Crippen molar-refractivity contribution in [3.05, 3.63) is 77.4 Å². The molecule has 4 rings (SSSR count). The molecule has 0 radical (unpaired) electrons. The summed E-state index contributed by atoms with van der Waals surface area (Å²) in [5.74, 6) is -4.78. The topological polar surface area (TPSA) is 29.5 Å². The minimum absolute atomic E-state index is 0.0393. The van der Waals surface area contributed by atoms with Crippen molar-refractivity contribution in [3.63, 3.8) is 0 Å². The molecule has 3 aromatic rings. The van der Waals surface area contributed by atoms with Gasteiger partial charge in [0.2, 0.25) is 5.82 Å². The molecule has 2 unspecified atom stereocenters. The summed E-state index contributed by atoms with van der Waals surface area (Å²) < 4.78 is 62.9. The first-order chi connectivity index (χ1) is 14.4. The molecular formula is C24H20F4O2. The average molecular weight is 416 g/mol. The Morgan fingerprint density at radius 2 is 1.30 bits per heavy atom. The van der Waals surface area contributed by atoms with Crippen molar-refractivity contribution >= 4 is 0 Å². The summed E-state index contributed by atoms with van der Waals surface area (Å²) in [6.45, 7) is 2.57. The fourth-order valence-electron chi connectivity index (χ4n) is 3.76. The van der Waals surface area contributed by atoms with Gasteiger partial charge >= 0.3 is 0 Å². The highest BCUT2D eigenvalue weighted by molar-refractivity contribution is 5.71. The van der Waals surface area contributed by atoms with E-state index in [0.29, 0.717) is 30.1 Å². The lowest BCUT2D eigenvalue weighted by Gasteiger charge is -2.27. The Morgan fingerprint density at radius 3 is 1.87 bits per heavy atom. The van der Waals surface area contributed by atoms with Gasteiger partial charge in [0.25, 0.3) is 0 Å². The maximum atomic E-state index is 14.8. The van der Waals surface area contributed by atoms with Crippen LogP contribution in [0.3, 0.4) is 0 Å². The number of hydrogen-bond acceptors (Lipinski definition) is 2. The van der Waals surface area contributed by atoms with Crippen molar-refractivity contribution in [2.45, 2.75) is 25.9 Å². The van der Waals surface area contributed by atoms with Crippen molar-refractivity contribution in [1.82, 2.24) is 0 Å². The number of aromatic hydroxyl groups is 1. The van der Waals surface area contributed by atoms with Crippen LogP contribution >= 0.6 is 0 Å². The molecular weight excluding hydrogens is 396 g/mol. The predicted molar refractivity (Wildman–Crippen MR) is 106 cm³/mol. The number of benzene rings is 3. The summed E-state index contributed by atoms with van der Waals surface area (Å²) in [6, 6.07) is 11.3. The minimum Gasteiger partial charge on any atom is -0.505 e. The SMILES string of the molecule is CC1CCC(c2ccc(-c3ccc(-c4ccc(O)c(F)c4F)cc3)c(F)c2F)OC1. The molecule has 2 nitrogen and oxygen atoms in total. The molecule has 0 bridgehead atoms. The maximum Gasteiger partial charge on any atom is 0.200 e. The second-order valence-corrected chi connectivity index (χ2v) is 7.67. The largest absolute Gasteiger partial charge is 0.505 e. The molecule has 0 saturated carbocycles. The second kappa shape index (κ2) is 8.11. The van der Waals surface area contributed by atoms with E-state index in [1.54, 1.807) is 0 Å². The number of phenols is 1. The first-order valence-corrected chi connectivity index (χ1v) is 9.74. The minimum atomic E-state index is -1.33. The van der Waals surface area contributed by atoms with Crippen LogP contribution in [-0.4, -0.2) is 11.7 Å². The third kappa shape index (κ3) is 3.67. The normalized spacial score (nSPS) is 19.1. The van der Waals surface area contributed by atoms with E-state index in [0.717, 1.165) is 12.5 Å². The van der Waals surface area contributed by atoms with Gasteiger partial charge in [-0.1, -0.05) is 43.3 Å². The zero-order valence-corrected chi connectivity index (χ0v) is 16.3. The van der Waals surface area contributed by atoms with E-state index < -0.39 is 35.1 Å². The van der Waals surface area contributed by atoms with E-state index in [1.165, 1.54) is 42.5 Å². The highest BCUT2D eigenvalue weighted by Crippen LogP contribution is 2.36. The molecule has 1 saturated heterocycles. The molecule has 0 aromatic heterocycles. The maximum absolute atomic E-state index is 14.8. The molecule has 1 aliphatic heterocycles. The van der Waals surface area contributed by atoms with E-state index in [4.69, 9.17) is 4.74 Å². The van der Waals surface area contributed by atoms with E-state index in [9.17, 15) is 22.7 Å². The van der Waals surface area contributed by atoms with Gasteiger partial charge in [0.05, 0.1) is 6.10 Å². The van der Waals surface area contributed by atoms with E-state index in [1.807, 2.05) is 0 Å². The third-order valence-electron chi connectivity index (χ3n) is 5.53. The van der Waals surface area contributed by atoms with Crippen molar-refractivity contribution in [3.8, 4) is 28.0 Å². The summed E-state index contributed by atoms with van der Waals surface area (Å²) in [4.78, 5) is 0. The summed E-state index contributed by atoms with van der Waals surface area (Å²) in [7, 11) is 0. The van der Waals surface area contributed by atoms with Crippen LogP contribution < -0.4 is 0 Å². The molecule has 1 heterocycles. The molecule has 0 amide bonds. The first kappa shape index (κ1) is 20.4. The molecule has 1 fully saturated rings. The number of halogens is 4. The number of phenolic OH excluding ortho intramolecular Hbond substituents is 1. The van der Waals surface area contributed by atoms with Gasteiger partial charge in [-0.05, 0) is 42.0 Å². The Kier molecular flexibility index (Phi) is 5.52. The van der Waals surface area contributed by atoms with Gasteiger partial charge in [-0.3, -0.25) is 0 Å². The highest BCUT2D eigenvalue weighted by Gasteiger charge is 2.25. The standard InChI is InChI=1S/C24H20F4O2/c1-13-2-11-20(30-12-13)18-8-7-16(21(25)23(18)27)14-3-5-15(6-4-14)17-9-10-19(29)24(28)22(17)26/h3-10,13,20,29H,2,11-12H2,1H3. The number of hydrogen-bond donors (Lipinski definition) is 1. The monoisotopic (exact) mass is 416 g/mol. The molecule has 3 aromatic carbocycles. The Morgan fingerprint density at radius 1 is 0.733 bits per heavy atom. The molecule has 0 spiro atoms. The molecule has 1 N–H and O–H groups in total. The third-order valence-corrected chi connectivity index (χ3v) is 5.53. The summed E-state index contributed by atoms with van der Waals surface area (Å²) in [5.41, 5.74) is 0.991. The molecule has 6 heteroatoms. The number of rotatable bonds is 3. The van der Waals surface area contributed by atoms with Crippen molar-refractivity contribution in [1.29, 1.82) is 0 Å². The predicted octanol–water partition coefficient (Wildman–Crippen LogP) is 6.77. The molecule has 2 atom stereocenters. The smallest absolute Gasteiger partial charge is 0.200 e. The van der Waals surface area contributed by atoms with Crippen LogP contribution in [0.4, 0.5) is 17.6 Å². The van der Waals surface area contributed by atoms with Crippen LogP contribution in [0.15, 0.2) is 48.5 Å². The average Bonchev–Trinajstić information content (AvgIpc) is 2.75. The second-order valence-electron chi connectivity index (χ2n) is 7.67. The molecule has 156 valence electrons.